The Bertz CT molecular complexity index is 215. The van der Waals surface area contributed by atoms with Crippen LogP contribution in [0.2, 0.25) is 0 Å². The molecule has 0 aromatic rings. The van der Waals surface area contributed by atoms with Crippen molar-refractivity contribution in [3.63, 3.8) is 0 Å². The summed E-state index contributed by atoms with van der Waals surface area (Å²) >= 11 is 0. The van der Waals surface area contributed by atoms with Gasteiger partial charge < -0.3 is 60.5 Å². The van der Waals surface area contributed by atoms with E-state index in [9.17, 15) is 0 Å². The van der Waals surface area contributed by atoms with Gasteiger partial charge in [0.15, 0.2) is 0 Å². The predicted molar refractivity (Wildman–Crippen MR) is 73.6 cm³/mol. The Balaban J connectivity index is -0.00000000889. The van der Waals surface area contributed by atoms with E-state index in [1.54, 1.807) is 0 Å². The molecule has 0 bridgehead atoms. The minimum atomic E-state index is -4.64. The van der Waals surface area contributed by atoms with Crippen LogP contribution in [0, 0.1) is 0 Å². The van der Waals surface area contributed by atoms with Gasteiger partial charge in [-0.15, -0.1) is 0 Å². The predicted octanol–water partition coefficient (Wildman–Crippen LogP) is -5.05. The zero-order valence-electron chi connectivity index (χ0n) is 10.7. The molecule has 120 valence electrons. The van der Waals surface area contributed by atoms with Crippen LogP contribution >= 0.6 is 23.5 Å². The Labute approximate surface area is 183 Å². The van der Waals surface area contributed by atoms with E-state index in [2.05, 4.69) is 0 Å². The molecule has 9 N–H and O–H groups in total. The molecule has 0 saturated heterocycles. The Morgan fingerprint density at radius 1 is 0.348 bits per heavy atom. The van der Waals surface area contributed by atoms with Crippen molar-refractivity contribution in [3.05, 3.63) is 0 Å². The van der Waals surface area contributed by atoms with Crippen LogP contribution in [0.25, 0.3) is 0 Å². The molecule has 0 aliphatic rings. The first-order valence-electron chi connectivity index (χ1n) is 2.35. The third-order valence-electron chi connectivity index (χ3n) is 0. The standard InChI is InChI=1S/5Al.3H3O4P.3O/c;;;;;3*1-5(2,3)4;;;/h;;;;;3*(H3,1,2,3,4);;;/q5*+3;;;;3*-2. The topological polar surface area (TPSA) is 319 Å². The second kappa shape index (κ2) is 32.5. The Kier molecular flexibility index (Phi) is 102. The van der Waals surface area contributed by atoms with Gasteiger partial charge in [-0.1, -0.05) is 0 Å². The Hall–Kier alpha value is 2.87. The molecule has 0 heterocycles. The summed E-state index contributed by atoms with van der Waals surface area (Å²) in [6, 6.07) is 0. The molecule has 0 fully saturated rings. The summed E-state index contributed by atoms with van der Waals surface area (Å²) in [7, 11) is -13.9. The SMILES string of the molecule is O=P(O)(O)O.O=P(O)(O)O.O=P(O)(O)O.[Al+3].[Al+3].[Al+3].[Al+3].[Al+3].[O-2].[O-2].[O-2]. The van der Waals surface area contributed by atoms with E-state index in [1.807, 2.05) is 0 Å². The molecule has 0 saturated carbocycles. The fraction of sp³-hybridized carbons (Fsp3) is 0. The molecule has 0 aliphatic carbocycles. The van der Waals surface area contributed by atoms with E-state index in [-0.39, 0.29) is 103 Å². The number of phosphoric acid groups is 3. The van der Waals surface area contributed by atoms with Gasteiger partial charge in [-0.25, -0.2) is 13.7 Å². The van der Waals surface area contributed by atoms with Crippen LogP contribution in [-0.4, -0.2) is 131 Å². The van der Waals surface area contributed by atoms with Gasteiger partial charge in [0.2, 0.25) is 0 Å². The van der Waals surface area contributed by atoms with Gasteiger partial charge in [0.25, 0.3) is 0 Å². The van der Waals surface area contributed by atoms with Gasteiger partial charge in [-0.2, -0.15) is 0 Å². The number of hydrogen-bond acceptors (Lipinski definition) is 3. The van der Waals surface area contributed by atoms with E-state index in [0.29, 0.717) is 0 Å². The molecular formula is H9Al5O15P3+9. The summed E-state index contributed by atoms with van der Waals surface area (Å²) in [6.07, 6.45) is 0. The first kappa shape index (κ1) is 72.4. The van der Waals surface area contributed by atoms with Crippen molar-refractivity contribution >= 4 is 110 Å². The van der Waals surface area contributed by atoms with Crippen LogP contribution in [0.5, 0.6) is 0 Å². The Morgan fingerprint density at radius 2 is 0.348 bits per heavy atom. The first-order valence-corrected chi connectivity index (χ1v) is 7.04. The van der Waals surface area contributed by atoms with Gasteiger partial charge >= 0.3 is 110 Å². The largest absolute Gasteiger partial charge is 3.00 e. The zero-order valence-corrected chi connectivity index (χ0v) is 19.2. The fourth-order valence-electron chi connectivity index (χ4n) is 0. The smallest absolute Gasteiger partial charge is 2.00 e. The van der Waals surface area contributed by atoms with E-state index in [4.69, 9.17) is 57.7 Å². The fourth-order valence-corrected chi connectivity index (χ4v) is 0. The van der Waals surface area contributed by atoms with Crippen molar-refractivity contribution in [1.82, 2.24) is 0 Å². The molecule has 0 spiro atoms. The molecular weight excluding hydrogens is 468 g/mol. The van der Waals surface area contributed by atoms with Gasteiger partial charge in [-0.05, 0) is 0 Å². The minimum Gasteiger partial charge on any atom is -2.00 e. The molecule has 0 radical (unpaired) electrons. The summed E-state index contributed by atoms with van der Waals surface area (Å²) in [5, 5.41) is 0. The third-order valence-corrected chi connectivity index (χ3v) is 0. The third kappa shape index (κ3) is 1580. The normalized spacial score (nSPS) is 7.70. The average Bonchev–Trinajstić information content (AvgIpc) is 1.41. The molecule has 15 nitrogen and oxygen atoms in total. The van der Waals surface area contributed by atoms with Crippen molar-refractivity contribution in [2.75, 3.05) is 0 Å². The van der Waals surface area contributed by atoms with Crippen molar-refractivity contribution in [2.45, 2.75) is 0 Å². The molecule has 0 aromatic heterocycles. The van der Waals surface area contributed by atoms with Gasteiger partial charge in [0, 0.05) is 0 Å². The van der Waals surface area contributed by atoms with Crippen molar-refractivity contribution in [2.24, 2.45) is 0 Å². The van der Waals surface area contributed by atoms with E-state index in [1.165, 1.54) is 0 Å². The molecule has 0 atom stereocenters. The first-order chi connectivity index (χ1) is 6.00. The summed E-state index contributed by atoms with van der Waals surface area (Å²) < 4.78 is 26.6. The molecule has 0 aliphatic heterocycles. The minimum absolute atomic E-state index is 0. The molecule has 0 aromatic carbocycles. The van der Waals surface area contributed by atoms with Gasteiger partial charge in [0.1, 0.15) is 0 Å². The van der Waals surface area contributed by atoms with Crippen LogP contribution in [0.15, 0.2) is 0 Å². The van der Waals surface area contributed by atoms with Crippen molar-refractivity contribution in [1.29, 1.82) is 0 Å². The summed E-state index contributed by atoms with van der Waals surface area (Å²) in [6.45, 7) is 0. The summed E-state index contributed by atoms with van der Waals surface area (Å²) in [4.78, 5) is 64.7. The van der Waals surface area contributed by atoms with Crippen molar-refractivity contribution in [3.8, 4) is 0 Å². The van der Waals surface area contributed by atoms with Crippen LogP contribution in [0.4, 0.5) is 0 Å². The van der Waals surface area contributed by atoms with E-state index in [0.717, 1.165) is 0 Å². The number of rotatable bonds is 0. The Morgan fingerprint density at radius 3 is 0.348 bits per heavy atom. The number of hydrogen-bond donors (Lipinski definition) is 9. The summed E-state index contributed by atoms with van der Waals surface area (Å²) in [5.41, 5.74) is 0. The van der Waals surface area contributed by atoms with E-state index >= 15 is 0 Å². The van der Waals surface area contributed by atoms with Crippen LogP contribution in [-0.2, 0) is 30.1 Å². The van der Waals surface area contributed by atoms with Gasteiger partial charge in [0.05, 0.1) is 0 Å². The summed E-state index contributed by atoms with van der Waals surface area (Å²) in [5.74, 6) is 0. The molecule has 0 unspecified atom stereocenters. The zero-order chi connectivity index (χ0) is 13.5. The molecule has 0 amide bonds. The van der Waals surface area contributed by atoms with Crippen molar-refractivity contribution < 1.29 is 74.2 Å². The maximum atomic E-state index is 8.88. The van der Waals surface area contributed by atoms with Crippen LogP contribution in [0.1, 0.15) is 0 Å². The molecule has 0 rings (SSSR count). The van der Waals surface area contributed by atoms with Crippen LogP contribution in [0.3, 0.4) is 0 Å². The van der Waals surface area contributed by atoms with Crippen LogP contribution < -0.4 is 0 Å². The maximum Gasteiger partial charge on any atom is 3.00 e. The average molecular weight is 477 g/mol. The monoisotopic (exact) mass is 477 g/mol. The molecule has 23 heavy (non-hydrogen) atoms. The van der Waals surface area contributed by atoms with Gasteiger partial charge in [-0.3, -0.25) is 0 Å². The molecule has 23 heteroatoms. The second-order valence-electron chi connectivity index (χ2n) is 1.54. The quantitative estimate of drug-likeness (QED) is 0.117. The second-order valence-corrected chi connectivity index (χ2v) is 4.62. The maximum absolute atomic E-state index is 8.88. The van der Waals surface area contributed by atoms with E-state index < -0.39 is 23.5 Å².